The van der Waals surface area contributed by atoms with Crippen LogP contribution in [-0.4, -0.2) is 32.4 Å². The van der Waals surface area contributed by atoms with E-state index in [2.05, 4.69) is 15.4 Å². The lowest BCUT2D eigenvalue weighted by Crippen LogP contribution is -2.27. The summed E-state index contributed by atoms with van der Waals surface area (Å²) in [5, 5.41) is 7.96. The summed E-state index contributed by atoms with van der Waals surface area (Å²) in [6.07, 6.45) is 3.05. The van der Waals surface area contributed by atoms with E-state index in [1.165, 1.54) is 4.68 Å². The fraction of sp³-hybridized carbons (Fsp3) is 0.231. The molecule has 0 atom stereocenters. The number of pyridine rings is 1. The smallest absolute Gasteiger partial charge is 0.435 e. The van der Waals surface area contributed by atoms with E-state index in [1.54, 1.807) is 33.2 Å². The second-order valence-electron chi connectivity index (χ2n) is 8.87. The number of carbonyl (C=O) groups excluding carboxylic acids is 2. The summed E-state index contributed by atoms with van der Waals surface area (Å²) in [5.74, 6) is 0.0927. The second kappa shape index (κ2) is 8.86. The van der Waals surface area contributed by atoms with Gasteiger partial charge in [0.2, 0.25) is 5.91 Å². The molecule has 0 saturated heterocycles. The van der Waals surface area contributed by atoms with Gasteiger partial charge in [-0.05, 0) is 74.2 Å². The van der Waals surface area contributed by atoms with Crippen LogP contribution in [-0.2, 0) is 16.0 Å². The molecule has 1 amide bonds. The minimum absolute atomic E-state index is 0.199. The molecule has 0 aliphatic carbocycles. The van der Waals surface area contributed by atoms with E-state index in [9.17, 15) is 9.59 Å². The molecule has 1 N–H and O–H groups in total. The molecule has 0 spiro atoms. The molecule has 0 radical (unpaired) electrons. The topological polar surface area (TPSA) is 86.1 Å². The molecule has 33 heavy (non-hydrogen) atoms. The highest BCUT2D eigenvalue weighted by Crippen LogP contribution is 2.32. The third-order valence-corrected chi connectivity index (χ3v) is 5.05. The van der Waals surface area contributed by atoms with Gasteiger partial charge < -0.3 is 10.1 Å². The van der Waals surface area contributed by atoms with Crippen molar-refractivity contribution < 1.29 is 14.3 Å². The summed E-state index contributed by atoms with van der Waals surface area (Å²) in [4.78, 5) is 29.7. The average molecular weight is 443 g/mol. The predicted molar refractivity (Wildman–Crippen MR) is 128 cm³/mol. The fourth-order valence-electron chi connectivity index (χ4n) is 3.60. The number of fused-ring (bicyclic) bond motifs is 1. The molecular weight excluding hydrogens is 416 g/mol. The first-order valence-electron chi connectivity index (χ1n) is 10.7. The van der Waals surface area contributed by atoms with Crippen molar-refractivity contribution in [1.29, 1.82) is 0 Å². The summed E-state index contributed by atoms with van der Waals surface area (Å²) in [7, 11) is 0. The van der Waals surface area contributed by atoms with Gasteiger partial charge in [0, 0.05) is 17.8 Å². The lowest BCUT2D eigenvalue weighted by molar-refractivity contribution is -0.115. The number of hydrogen-bond acceptors (Lipinski definition) is 5. The maximum atomic E-state index is 12.9. The third kappa shape index (κ3) is 5.09. The Hall–Kier alpha value is -4.00. The summed E-state index contributed by atoms with van der Waals surface area (Å²) in [5.41, 5.74) is 3.68. The number of aryl methyl sites for hydroxylation is 1. The Morgan fingerprint density at radius 3 is 2.39 bits per heavy atom. The molecule has 7 nitrogen and oxygen atoms in total. The van der Waals surface area contributed by atoms with Crippen LogP contribution in [0, 0.1) is 6.92 Å². The van der Waals surface area contributed by atoms with Gasteiger partial charge in [-0.25, -0.2) is 4.79 Å². The quantitative estimate of drug-likeness (QED) is 0.459. The van der Waals surface area contributed by atoms with Crippen molar-refractivity contribution in [1.82, 2.24) is 14.8 Å². The van der Waals surface area contributed by atoms with Crippen molar-refractivity contribution in [2.45, 2.75) is 39.7 Å². The number of anilines is 1. The van der Waals surface area contributed by atoms with Crippen LogP contribution in [0.25, 0.3) is 22.0 Å². The Bertz CT molecular complexity index is 1310. The summed E-state index contributed by atoms with van der Waals surface area (Å²) < 4.78 is 6.75. The average Bonchev–Trinajstić information content (AvgIpc) is 3.10. The van der Waals surface area contributed by atoms with E-state index in [1.807, 2.05) is 61.5 Å². The van der Waals surface area contributed by atoms with Gasteiger partial charge in [0.15, 0.2) is 5.82 Å². The van der Waals surface area contributed by atoms with Gasteiger partial charge in [-0.15, -0.1) is 5.10 Å². The van der Waals surface area contributed by atoms with Crippen LogP contribution in [0.3, 0.4) is 0 Å². The molecule has 0 unspecified atom stereocenters. The van der Waals surface area contributed by atoms with Crippen molar-refractivity contribution in [2.24, 2.45) is 0 Å². The van der Waals surface area contributed by atoms with Gasteiger partial charge in [0.05, 0.1) is 11.9 Å². The molecule has 2 aromatic carbocycles. The van der Waals surface area contributed by atoms with Crippen molar-refractivity contribution in [2.75, 3.05) is 5.32 Å². The largest absolute Gasteiger partial charge is 0.442 e. The maximum absolute atomic E-state index is 12.9. The minimum atomic E-state index is -0.682. The molecule has 0 aliphatic heterocycles. The standard InChI is InChI=1S/C26H26N4O3/c1-17-14-22-21(16-20(17)19-10-12-27-13-11-19)24(29-30(22)25(32)33-26(2,3)4)28-23(31)15-18-8-6-5-7-9-18/h5-14,16H,15H2,1-4H3,(H,28,29,31). The summed E-state index contributed by atoms with van der Waals surface area (Å²) in [6, 6.07) is 17.1. The number of hydrogen-bond donors (Lipinski definition) is 1. The van der Waals surface area contributed by atoms with Crippen LogP contribution in [0.5, 0.6) is 0 Å². The monoisotopic (exact) mass is 442 g/mol. The Kier molecular flexibility index (Phi) is 5.96. The van der Waals surface area contributed by atoms with Crippen LogP contribution in [0.2, 0.25) is 0 Å². The zero-order valence-electron chi connectivity index (χ0n) is 19.1. The Morgan fingerprint density at radius 1 is 1.03 bits per heavy atom. The van der Waals surface area contributed by atoms with Crippen LogP contribution in [0.15, 0.2) is 67.0 Å². The summed E-state index contributed by atoms with van der Waals surface area (Å²) >= 11 is 0. The number of nitrogens with zero attached hydrogens (tertiary/aromatic N) is 3. The first-order valence-corrected chi connectivity index (χ1v) is 10.7. The van der Waals surface area contributed by atoms with E-state index in [-0.39, 0.29) is 12.3 Å². The van der Waals surface area contributed by atoms with Crippen molar-refractivity contribution in [3.63, 3.8) is 0 Å². The van der Waals surface area contributed by atoms with Crippen LogP contribution >= 0.6 is 0 Å². The van der Waals surface area contributed by atoms with Crippen molar-refractivity contribution in [3.05, 3.63) is 78.1 Å². The molecule has 2 aromatic heterocycles. The highest BCUT2D eigenvalue weighted by atomic mass is 16.6. The van der Waals surface area contributed by atoms with Crippen LogP contribution < -0.4 is 5.32 Å². The molecule has 7 heteroatoms. The molecule has 168 valence electrons. The Morgan fingerprint density at radius 2 is 1.73 bits per heavy atom. The maximum Gasteiger partial charge on any atom is 0.435 e. The number of carbonyl (C=O) groups is 2. The SMILES string of the molecule is Cc1cc2c(cc1-c1ccncc1)c(NC(=O)Cc1ccccc1)nn2C(=O)OC(C)(C)C. The van der Waals surface area contributed by atoms with Gasteiger partial charge in [0.1, 0.15) is 5.60 Å². The molecule has 0 saturated carbocycles. The van der Waals surface area contributed by atoms with Gasteiger partial charge in [-0.1, -0.05) is 30.3 Å². The number of ether oxygens (including phenoxy) is 1. The van der Waals surface area contributed by atoms with E-state index in [0.29, 0.717) is 16.7 Å². The lowest BCUT2D eigenvalue weighted by Gasteiger charge is -2.19. The van der Waals surface area contributed by atoms with Gasteiger partial charge >= 0.3 is 6.09 Å². The van der Waals surface area contributed by atoms with E-state index >= 15 is 0 Å². The zero-order chi connectivity index (χ0) is 23.6. The van der Waals surface area contributed by atoms with Crippen molar-refractivity contribution >= 4 is 28.7 Å². The van der Waals surface area contributed by atoms with Gasteiger partial charge in [-0.2, -0.15) is 4.68 Å². The first kappa shape index (κ1) is 22.2. The van der Waals surface area contributed by atoms with E-state index < -0.39 is 11.7 Å². The number of benzene rings is 2. The molecule has 0 fully saturated rings. The Balaban J connectivity index is 1.78. The normalized spacial score (nSPS) is 11.4. The molecule has 0 bridgehead atoms. The number of rotatable bonds is 4. The first-order chi connectivity index (χ1) is 15.7. The second-order valence-corrected chi connectivity index (χ2v) is 8.87. The number of nitrogens with one attached hydrogen (secondary N) is 1. The predicted octanol–water partition coefficient (Wildman–Crippen LogP) is 5.37. The van der Waals surface area contributed by atoms with Crippen molar-refractivity contribution in [3.8, 4) is 11.1 Å². The molecule has 2 heterocycles. The lowest BCUT2D eigenvalue weighted by atomic mass is 9.99. The Labute approximate surface area is 192 Å². The van der Waals surface area contributed by atoms with Crippen LogP contribution in [0.1, 0.15) is 31.9 Å². The van der Waals surface area contributed by atoms with E-state index in [0.717, 1.165) is 22.3 Å². The van der Waals surface area contributed by atoms with Gasteiger partial charge in [-0.3, -0.25) is 9.78 Å². The molecule has 0 aliphatic rings. The molecule has 4 rings (SSSR count). The highest BCUT2D eigenvalue weighted by molar-refractivity contribution is 6.04. The number of amides is 1. The fourth-order valence-corrected chi connectivity index (χ4v) is 3.60. The third-order valence-electron chi connectivity index (χ3n) is 5.05. The number of aromatic nitrogens is 3. The molecular formula is C26H26N4O3. The summed E-state index contributed by atoms with van der Waals surface area (Å²) in [6.45, 7) is 7.36. The van der Waals surface area contributed by atoms with E-state index in [4.69, 9.17) is 4.74 Å². The zero-order valence-corrected chi connectivity index (χ0v) is 19.1. The van der Waals surface area contributed by atoms with Gasteiger partial charge in [0.25, 0.3) is 0 Å². The van der Waals surface area contributed by atoms with Crippen LogP contribution in [0.4, 0.5) is 10.6 Å². The minimum Gasteiger partial charge on any atom is -0.442 e. The highest BCUT2D eigenvalue weighted by Gasteiger charge is 2.24. The molecule has 4 aromatic rings.